The highest BCUT2D eigenvalue weighted by molar-refractivity contribution is 5.83. The van der Waals surface area contributed by atoms with E-state index in [4.69, 9.17) is 5.11 Å². The lowest BCUT2D eigenvalue weighted by atomic mass is 10.1. The number of benzene rings is 1. The molecular weight excluding hydrogens is 261 g/mol. The van der Waals surface area contributed by atoms with Crippen LogP contribution in [-0.4, -0.2) is 35.0 Å². The summed E-state index contributed by atoms with van der Waals surface area (Å²) in [5, 5.41) is 8.68. The lowest BCUT2D eigenvalue weighted by molar-refractivity contribution is -0.138. The van der Waals surface area contributed by atoms with E-state index in [1.807, 2.05) is 6.92 Å². The molecule has 1 saturated carbocycles. The van der Waals surface area contributed by atoms with E-state index in [2.05, 4.69) is 0 Å². The third-order valence-electron chi connectivity index (χ3n) is 3.69. The number of carbonyl (C=O) groups excluding carboxylic acids is 1. The highest BCUT2D eigenvalue weighted by Crippen LogP contribution is 2.48. The molecule has 1 aromatic rings. The van der Waals surface area contributed by atoms with Crippen LogP contribution in [0.5, 0.6) is 0 Å². The van der Waals surface area contributed by atoms with Crippen LogP contribution in [0.2, 0.25) is 0 Å². The van der Waals surface area contributed by atoms with Crippen LogP contribution >= 0.6 is 0 Å². The molecule has 2 rings (SSSR count). The summed E-state index contributed by atoms with van der Waals surface area (Å²) < 4.78 is 12.9. The fourth-order valence-electron chi connectivity index (χ4n) is 2.44. The van der Waals surface area contributed by atoms with Crippen LogP contribution < -0.4 is 0 Å². The average molecular weight is 279 g/mol. The van der Waals surface area contributed by atoms with Gasteiger partial charge in [0, 0.05) is 19.0 Å². The number of carboxylic acid groups (broad SMARTS) is 1. The maximum Gasteiger partial charge on any atom is 0.305 e. The molecule has 108 valence electrons. The van der Waals surface area contributed by atoms with Gasteiger partial charge in [-0.1, -0.05) is 12.1 Å². The minimum Gasteiger partial charge on any atom is -0.481 e. The number of carboxylic acids is 1. The Hall–Kier alpha value is -1.91. The number of aliphatic carboxylic acids is 1. The first kappa shape index (κ1) is 14.5. The van der Waals surface area contributed by atoms with Gasteiger partial charge in [-0.3, -0.25) is 9.59 Å². The van der Waals surface area contributed by atoms with E-state index >= 15 is 0 Å². The fraction of sp³-hybridized carbons (Fsp3) is 0.467. The molecule has 1 aliphatic rings. The molecule has 2 unspecified atom stereocenters. The van der Waals surface area contributed by atoms with Gasteiger partial charge in [0.25, 0.3) is 0 Å². The van der Waals surface area contributed by atoms with Gasteiger partial charge in [0.2, 0.25) is 5.91 Å². The van der Waals surface area contributed by atoms with Crippen LogP contribution in [0.15, 0.2) is 24.3 Å². The van der Waals surface area contributed by atoms with Crippen LogP contribution in [0.4, 0.5) is 4.39 Å². The Kier molecular flexibility index (Phi) is 4.37. The third kappa shape index (κ3) is 3.35. The number of halogens is 1. The van der Waals surface area contributed by atoms with Crippen LogP contribution in [0.3, 0.4) is 0 Å². The van der Waals surface area contributed by atoms with Crippen LogP contribution in [0, 0.1) is 11.7 Å². The SMILES string of the molecule is CCN(CCC(=O)O)C(=O)C1CC1c1ccc(F)cc1. The quantitative estimate of drug-likeness (QED) is 0.869. The predicted molar refractivity (Wildman–Crippen MR) is 71.8 cm³/mol. The Morgan fingerprint density at radius 3 is 2.55 bits per heavy atom. The van der Waals surface area contributed by atoms with Crippen molar-refractivity contribution in [2.75, 3.05) is 13.1 Å². The minimum absolute atomic E-state index is 0.00285. The second-order valence-electron chi connectivity index (χ2n) is 5.06. The summed E-state index contributed by atoms with van der Waals surface area (Å²) in [4.78, 5) is 24.4. The summed E-state index contributed by atoms with van der Waals surface area (Å²) >= 11 is 0. The first-order valence-corrected chi connectivity index (χ1v) is 6.79. The van der Waals surface area contributed by atoms with Crippen molar-refractivity contribution in [3.63, 3.8) is 0 Å². The van der Waals surface area contributed by atoms with E-state index in [1.54, 1.807) is 17.0 Å². The monoisotopic (exact) mass is 279 g/mol. The smallest absolute Gasteiger partial charge is 0.305 e. The molecule has 0 saturated heterocycles. The molecule has 1 aliphatic carbocycles. The first-order chi connectivity index (χ1) is 9.52. The summed E-state index contributed by atoms with van der Waals surface area (Å²) in [6.07, 6.45) is 0.724. The molecule has 1 fully saturated rings. The second kappa shape index (κ2) is 6.03. The fourth-order valence-corrected chi connectivity index (χ4v) is 2.44. The normalized spacial score (nSPS) is 20.5. The molecule has 1 N–H and O–H groups in total. The first-order valence-electron chi connectivity index (χ1n) is 6.79. The number of hydrogen-bond donors (Lipinski definition) is 1. The maximum absolute atomic E-state index is 12.9. The van der Waals surface area contributed by atoms with Gasteiger partial charge in [-0.25, -0.2) is 4.39 Å². The second-order valence-corrected chi connectivity index (χ2v) is 5.06. The number of amides is 1. The minimum atomic E-state index is -0.901. The maximum atomic E-state index is 12.9. The Labute approximate surface area is 117 Å². The van der Waals surface area contributed by atoms with Crippen LogP contribution in [-0.2, 0) is 9.59 Å². The van der Waals surface area contributed by atoms with Crippen molar-refractivity contribution in [2.24, 2.45) is 5.92 Å². The Bertz CT molecular complexity index is 500. The lowest BCUT2D eigenvalue weighted by Crippen LogP contribution is -2.34. The number of nitrogens with zero attached hydrogens (tertiary/aromatic N) is 1. The van der Waals surface area contributed by atoms with E-state index < -0.39 is 5.97 Å². The van der Waals surface area contributed by atoms with Crippen LogP contribution in [0.1, 0.15) is 31.2 Å². The van der Waals surface area contributed by atoms with Crippen molar-refractivity contribution < 1.29 is 19.1 Å². The Morgan fingerprint density at radius 2 is 2.00 bits per heavy atom. The Balaban J connectivity index is 1.94. The van der Waals surface area contributed by atoms with E-state index in [0.29, 0.717) is 6.54 Å². The zero-order valence-corrected chi connectivity index (χ0v) is 11.4. The molecule has 0 radical (unpaired) electrons. The van der Waals surface area contributed by atoms with Gasteiger partial charge in [-0.15, -0.1) is 0 Å². The molecule has 1 amide bonds. The Morgan fingerprint density at radius 1 is 1.35 bits per heavy atom. The van der Waals surface area contributed by atoms with Gasteiger partial charge >= 0.3 is 5.97 Å². The number of hydrogen-bond acceptors (Lipinski definition) is 2. The molecule has 5 heteroatoms. The van der Waals surface area contributed by atoms with Crippen molar-refractivity contribution in [2.45, 2.75) is 25.7 Å². The molecule has 0 spiro atoms. The summed E-state index contributed by atoms with van der Waals surface area (Å²) in [6, 6.07) is 6.22. The topological polar surface area (TPSA) is 57.6 Å². The van der Waals surface area contributed by atoms with E-state index in [-0.39, 0.29) is 36.5 Å². The summed E-state index contributed by atoms with van der Waals surface area (Å²) in [5.74, 6) is -1.13. The summed E-state index contributed by atoms with van der Waals surface area (Å²) in [5.41, 5.74) is 0.971. The zero-order valence-electron chi connectivity index (χ0n) is 11.4. The molecule has 4 nitrogen and oxygen atoms in total. The largest absolute Gasteiger partial charge is 0.481 e. The molecule has 0 bridgehead atoms. The van der Waals surface area contributed by atoms with Crippen molar-refractivity contribution in [1.82, 2.24) is 4.90 Å². The van der Waals surface area contributed by atoms with Crippen molar-refractivity contribution >= 4 is 11.9 Å². The summed E-state index contributed by atoms with van der Waals surface area (Å²) in [6.45, 7) is 2.60. The van der Waals surface area contributed by atoms with Gasteiger partial charge < -0.3 is 10.0 Å². The lowest BCUT2D eigenvalue weighted by Gasteiger charge is -2.20. The van der Waals surface area contributed by atoms with Crippen LogP contribution in [0.25, 0.3) is 0 Å². The van der Waals surface area contributed by atoms with Gasteiger partial charge in [0.15, 0.2) is 0 Å². The molecule has 1 aromatic carbocycles. The van der Waals surface area contributed by atoms with Gasteiger partial charge in [0.05, 0.1) is 6.42 Å². The molecule has 2 atom stereocenters. The van der Waals surface area contributed by atoms with Gasteiger partial charge in [0.1, 0.15) is 5.82 Å². The highest BCUT2D eigenvalue weighted by Gasteiger charge is 2.45. The van der Waals surface area contributed by atoms with Gasteiger partial charge in [-0.05, 0) is 37.0 Å². The predicted octanol–water partition coefficient (Wildman–Crippen LogP) is 2.25. The highest BCUT2D eigenvalue weighted by atomic mass is 19.1. The van der Waals surface area contributed by atoms with Crippen molar-refractivity contribution in [3.8, 4) is 0 Å². The molecule has 0 aromatic heterocycles. The molecule has 0 heterocycles. The number of carbonyl (C=O) groups is 2. The van der Waals surface area contributed by atoms with E-state index in [1.165, 1.54) is 12.1 Å². The summed E-state index contributed by atoms with van der Waals surface area (Å²) in [7, 11) is 0. The van der Waals surface area contributed by atoms with Gasteiger partial charge in [-0.2, -0.15) is 0 Å². The molecule has 20 heavy (non-hydrogen) atoms. The van der Waals surface area contributed by atoms with E-state index in [0.717, 1.165) is 12.0 Å². The number of rotatable bonds is 6. The average Bonchev–Trinajstić information content (AvgIpc) is 3.20. The third-order valence-corrected chi connectivity index (χ3v) is 3.69. The standard InChI is InChI=1S/C15H18FNO3/c1-2-17(8-7-14(18)19)15(20)13-9-12(13)10-3-5-11(16)6-4-10/h3-6,12-13H,2,7-9H2,1H3,(H,18,19). The zero-order chi connectivity index (χ0) is 14.7. The van der Waals surface area contributed by atoms with Crippen molar-refractivity contribution in [1.29, 1.82) is 0 Å². The van der Waals surface area contributed by atoms with E-state index in [9.17, 15) is 14.0 Å². The van der Waals surface area contributed by atoms with Crippen molar-refractivity contribution in [3.05, 3.63) is 35.6 Å². The molecule has 0 aliphatic heterocycles. The molecular formula is C15H18FNO3.